The van der Waals surface area contributed by atoms with Gasteiger partial charge in [0.25, 0.3) is 0 Å². The van der Waals surface area contributed by atoms with Crippen LogP contribution in [0.1, 0.15) is 30.9 Å². The number of nitrogens with zero attached hydrogens (tertiary/aromatic N) is 2. The first-order valence-electron chi connectivity index (χ1n) is 5.85. The van der Waals surface area contributed by atoms with Crippen LogP contribution in [0.15, 0.2) is 18.3 Å². The van der Waals surface area contributed by atoms with E-state index in [1.165, 1.54) is 12.8 Å². The SMILES string of the molecule is NC(CC(=O)O)c1ccc(N2CCCC2)nc1. The number of hydrogen-bond acceptors (Lipinski definition) is 4. The summed E-state index contributed by atoms with van der Waals surface area (Å²) in [4.78, 5) is 17.1. The predicted molar refractivity (Wildman–Crippen MR) is 64.9 cm³/mol. The second-order valence-electron chi connectivity index (χ2n) is 4.35. The fourth-order valence-electron chi connectivity index (χ4n) is 2.06. The smallest absolute Gasteiger partial charge is 0.305 e. The second-order valence-corrected chi connectivity index (χ2v) is 4.35. The predicted octanol–water partition coefficient (Wildman–Crippen LogP) is 1.16. The Morgan fingerprint density at radius 2 is 2.18 bits per heavy atom. The Morgan fingerprint density at radius 1 is 1.47 bits per heavy atom. The van der Waals surface area contributed by atoms with E-state index in [0.29, 0.717) is 0 Å². The molecular formula is C12H17N3O2. The summed E-state index contributed by atoms with van der Waals surface area (Å²) < 4.78 is 0. The van der Waals surface area contributed by atoms with Gasteiger partial charge < -0.3 is 15.7 Å². The fourth-order valence-corrected chi connectivity index (χ4v) is 2.06. The molecule has 1 aliphatic heterocycles. The minimum absolute atomic E-state index is 0.0647. The number of carboxylic acids is 1. The van der Waals surface area contributed by atoms with Crippen molar-refractivity contribution in [2.75, 3.05) is 18.0 Å². The van der Waals surface area contributed by atoms with E-state index in [1.807, 2.05) is 12.1 Å². The first kappa shape index (κ1) is 11.9. The van der Waals surface area contributed by atoms with Crippen LogP contribution in [-0.2, 0) is 4.79 Å². The highest BCUT2D eigenvalue weighted by molar-refractivity contribution is 5.67. The van der Waals surface area contributed by atoms with E-state index in [1.54, 1.807) is 6.20 Å². The minimum Gasteiger partial charge on any atom is -0.481 e. The molecule has 0 bridgehead atoms. The lowest BCUT2D eigenvalue weighted by Gasteiger charge is -2.17. The van der Waals surface area contributed by atoms with Gasteiger partial charge in [-0.1, -0.05) is 6.07 Å². The number of anilines is 1. The molecule has 1 unspecified atom stereocenters. The van der Waals surface area contributed by atoms with Crippen LogP contribution in [-0.4, -0.2) is 29.1 Å². The molecule has 2 heterocycles. The highest BCUT2D eigenvalue weighted by atomic mass is 16.4. The molecule has 0 amide bonds. The lowest BCUT2D eigenvalue weighted by molar-refractivity contribution is -0.137. The lowest BCUT2D eigenvalue weighted by Crippen LogP contribution is -2.20. The van der Waals surface area contributed by atoms with Crippen molar-refractivity contribution in [3.8, 4) is 0 Å². The third-order valence-electron chi connectivity index (χ3n) is 3.02. The maximum absolute atomic E-state index is 10.6. The molecular weight excluding hydrogens is 218 g/mol. The standard InChI is InChI=1S/C12H17N3O2/c13-10(7-12(16)17)9-3-4-11(14-8-9)15-5-1-2-6-15/h3-4,8,10H,1-2,5-7,13H2,(H,16,17). The summed E-state index contributed by atoms with van der Waals surface area (Å²) in [5.41, 5.74) is 6.54. The van der Waals surface area contributed by atoms with Gasteiger partial charge in [0.15, 0.2) is 0 Å². The highest BCUT2D eigenvalue weighted by Crippen LogP contribution is 2.20. The van der Waals surface area contributed by atoms with Gasteiger partial charge in [-0.15, -0.1) is 0 Å². The molecule has 1 aliphatic rings. The number of rotatable bonds is 4. The summed E-state index contributed by atoms with van der Waals surface area (Å²) in [6.45, 7) is 2.10. The van der Waals surface area contributed by atoms with Crippen LogP contribution >= 0.6 is 0 Å². The third kappa shape index (κ3) is 2.94. The molecule has 0 radical (unpaired) electrons. The van der Waals surface area contributed by atoms with E-state index < -0.39 is 12.0 Å². The van der Waals surface area contributed by atoms with Gasteiger partial charge in [-0.3, -0.25) is 4.79 Å². The first-order chi connectivity index (χ1) is 8.16. The Hall–Kier alpha value is -1.62. The van der Waals surface area contributed by atoms with Gasteiger partial charge in [-0.2, -0.15) is 0 Å². The highest BCUT2D eigenvalue weighted by Gasteiger charge is 2.15. The van der Waals surface area contributed by atoms with Crippen molar-refractivity contribution in [3.05, 3.63) is 23.9 Å². The Labute approximate surface area is 100 Å². The monoisotopic (exact) mass is 235 g/mol. The molecule has 1 fully saturated rings. The van der Waals surface area contributed by atoms with Gasteiger partial charge in [-0.05, 0) is 24.5 Å². The summed E-state index contributed by atoms with van der Waals surface area (Å²) in [6.07, 6.45) is 4.04. The maximum Gasteiger partial charge on any atom is 0.305 e. The van der Waals surface area contributed by atoms with Crippen molar-refractivity contribution in [1.82, 2.24) is 4.98 Å². The summed E-state index contributed by atoms with van der Waals surface area (Å²) in [7, 11) is 0. The maximum atomic E-state index is 10.6. The van der Waals surface area contributed by atoms with Gasteiger partial charge >= 0.3 is 5.97 Å². The average molecular weight is 235 g/mol. The largest absolute Gasteiger partial charge is 0.481 e. The summed E-state index contributed by atoms with van der Waals surface area (Å²) in [5.74, 6) is 0.0647. The van der Waals surface area contributed by atoms with E-state index >= 15 is 0 Å². The normalized spacial score (nSPS) is 17.1. The van der Waals surface area contributed by atoms with Gasteiger partial charge in [-0.25, -0.2) is 4.98 Å². The zero-order valence-electron chi connectivity index (χ0n) is 9.67. The molecule has 3 N–H and O–H groups in total. The molecule has 17 heavy (non-hydrogen) atoms. The van der Waals surface area contributed by atoms with Crippen LogP contribution in [0.25, 0.3) is 0 Å². The van der Waals surface area contributed by atoms with E-state index in [4.69, 9.17) is 10.8 Å². The Morgan fingerprint density at radius 3 is 2.71 bits per heavy atom. The zero-order valence-corrected chi connectivity index (χ0v) is 9.67. The molecule has 5 nitrogen and oxygen atoms in total. The van der Waals surface area contributed by atoms with Crippen LogP contribution in [0, 0.1) is 0 Å². The van der Waals surface area contributed by atoms with Gasteiger partial charge in [0.2, 0.25) is 0 Å². The van der Waals surface area contributed by atoms with Gasteiger partial charge in [0, 0.05) is 25.3 Å². The molecule has 5 heteroatoms. The van der Waals surface area contributed by atoms with Gasteiger partial charge in [0.05, 0.1) is 6.42 Å². The summed E-state index contributed by atoms with van der Waals surface area (Å²) in [5, 5.41) is 8.66. The molecule has 92 valence electrons. The van der Waals surface area contributed by atoms with E-state index in [-0.39, 0.29) is 6.42 Å². The Bertz CT molecular complexity index is 385. The third-order valence-corrected chi connectivity index (χ3v) is 3.02. The number of pyridine rings is 1. The number of carboxylic acid groups (broad SMARTS) is 1. The number of carbonyl (C=O) groups is 1. The van der Waals surface area contributed by atoms with Crippen molar-refractivity contribution in [2.24, 2.45) is 5.73 Å². The molecule has 1 saturated heterocycles. The molecule has 1 aromatic rings. The molecule has 0 saturated carbocycles. The minimum atomic E-state index is -0.888. The molecule has 1 atom stereocenters. The lowest BCUT2D eigenvalue weighted by atomic mass is 10.1. The summed E-state index contributed by atoms with van der Waals surface area (Å²) in [6, 6.07) is 3.31. The molecule has 0 aromatic carbocycles. The van der Waals surface area contributed by atoms with Crippen LogP contribution in [0.4, 0.5) is 5.82 Å². The first-order valence-corrected chi connectivity index (χ1v) is 5.85. The number of aliphatic carboxylic acids is 1. The Balaban J connectivity index is 2.04. The number of aromatic nitrogens is 1. The molecule has 0 aliphatic carbocycles. The molecule has 0 spiro atoms. The van der Waals surface area contributed by atoms with Crippen LogP contribution in [0.5, 0.6) is 0 Å². The zero-order chi connectivity index (χ0) is 12.3. The fraction of sp³-hybridized carbons (Fsp3) is 0.500. The quantitative estimate of drug-likeness (QED) is 0.818. The molecule has 2 rings (SSSR count). The van der Waals surface area contributed by atoms with Gasteiger partial charge in [0.1, 0.15) is 5.82 Å². The van der Waals surface area contributed by atoms with E-state index in [0.717, 1.165) is 24.5 Å². The van der Waals surface area contributed by atoms with Crippen LogP contribution < -0.4 is 10.6 Å². The van der Waals surface area contributed by atoms with Crippen molar-refractivity contribution in [1.29, 1.82) is 0 Å². The average Bonchev–Trinajstić information content (AvgIpc) is 2.82. The van der Waals surface area contributed by atoms with Crippen molar-refractivity contribution >= 4 is 11.8 Å². The van der Waals surface area contributed by atoms with Crippen molar-refractivity contribution in [2.45, 2.75) is 25.3 Å². The van der Waals surface area contributed by atoms with E-state index in [2.05, 4.69) is 9.88 Å². The topological polar surface area (TPSA) is 79.5 Å². The van der Waals surface area contributed by atoms with Crippen LogP contribution in [0.2, 0.25) is 0 Å². The molecule has 1 aromatic heterocycles. The van der Waals surface area contributed by atoms with E-state index in [9.17, 15) is 4.79 Å². The Kier molecular flexibility index (Phi) is 3.58. The van der Waals surface area contributed by atoms with Crippen molar-refractivity contribution < 1.29 is 9.90 Å². The number of hydrogen-bond donors (Lipinski definition) is 2. The van der Waals surface area contributed by atoms with Crippen molar-refractivity contribution in [3.63, 3.8) is 0 Å². The van der Waals surface area contributed by atoms with Crippen LogP contribution in [0.3, 0.4) is 0 Å². The summed E-state index contributed by atoms with van der Waals surface area (Å²) >= 11 is 0. The number of nitrogens with two attached hydrogens (primary N) is 1. The second kappa shape index (κ2) is 5.14.